The van der Waals surface area contributed by atoms with E-state index in [0.29, 0.717) is 12.3 Å². The van der Waals surface area contributed by atoms with Gasteiger partial charge in [-0.15, -0.1) is 0 Å². The molecule has 3 atom stereocenters. The second-order valence-electron chi connectivity index (χ2n) is 5.43. The van der Waals surface area contributed by atoms with Crippen LogP contribution in [-0.2, 0) is 0 Å². The van der Waals surface area contributed by atoms with Crippen LogP contribution in [0.25, 0.3) is 0 Å². The molecule has 0 aromatic heterocycles. The lowest BCUT2D eigenvalue weighted by Crippen LogP contribution is -2.36. The van der Waals surface area contributed by atoms with Crippen molar-refractivity contribution in [1.82, 2.24) is 0 Å². The Balaban J connectivity index is 1.88. The van der Waals surface area contributed by atoms with Gasteiger partial charge in [-0.2, -0.15) is 13.2 Å². The largest absolute Gasteiger partial charge is 0.441 e. The van der Waals surface area contributed by atoms with Crippen molar-refractivity contribution in [3.63, 3.8) is 0 Å². The first kappa shape index (κ1) is 15.7. The molecule has 2 rings (SSSR count). The average molecular weight is 303 g/mol. The number of alkyl halides is 3. The van der Waals surface area contributed by atoms with E-state index in [1.807, 2.05) is 18.2 Å². The van der Waals surface area contributed by atoms with Gasteiger partial charge in [0, 0.05) is 11.8 Å². The molecule has 0 aliphatic heterocycles. The van der Waals surface area contributed by atoms with Crippen molar-refractivity contribution in [2.24, 2.45) is 11.7 Å². The van der Waals surface area contributed by atoms with Crippen LogP contribution in [0, 0.1) is 5.92 Å². The van der Waals surface area contributed by atoms with Crippen molar-refractivity contribution in [3.05, 3.63) is 35.9 Å². The molecule has 0 radical (unpaired) electrons. The van der Waals surface area contributed by atoms with Gasteiger partial charge >= 0.3 is 5.51 Å². The molecule has 0 saturated heterocycles. The molecule has 20 heavy (non-hydrogen) atoms. The van der Waals surface area contributed by atoms with Gasteiger partial charge in [-0.25, -0.2) is 0 Å². The molecule has 2 N–H and O–H groups in total. The molecule has 1 fully saturated rings. The zero-order valence-corrected chi connectivity index (χ0v) is 12.1. The first-order valence-corrected chi connectivity index (χ1v) is 7.95. The lowest BCUT2D eigenvalue weighted by molar-refractivity contribution is -0.0328. The minimum Gasteiger partial charge on any atom is -0.327 e. The van der Waals surface area contributed by atoms with Crippen molar-refractivity contribution >= 4 is 11.8 Å². The molecule has 5 heteroatoms. The Labute approximate surface area is 122 Å². The Morgan fingerprint density at radius 3 is 2.50 bits per heavy atom. The van der Waals surface area contributed by atoms with Crippen LogP contribution in [0.4, 0.5) is 13.2 Å². The summed E-state index contributed by atoms with van der Waals surface area (Å²) in [5.41, 5.74) is 3.24. The van der Waals surface area contributed by atoms with Crippen LogP contribution in [-0.4, -0.2) is 17.3 Å². The summed E-state index contributed by atoms with van der Waals surface area (Å²) in [4.78, 5) is 0. The highest BCUT2D eigenvalue weighted by atomic mass is 32.2. The second-order valence-corrected chi connectivity index (χ2v) is 6.59. The predicted octanol–water partition coefficient (Wildman–Crippen LogP) is 4.54. The van der Waals surface area contributed by atoms with E-state index < -0.39 is 5.51 Å². The summed E-state index contributed by atoms with van der Waals surface area (Å²) in [5, 5.41) is 0. The highest BCUT2D eigenvalue weighted by molar-refractivity contribution is 8.00. The smallest absolute Gasteiger partial charge is 0.327 e. The number of rotatable bonds is 4. The summed E-state index contributed by atoms with van der Waals surface area (Å²) in [6, 6.07) is 10.3. The lowest BCUT2D eigenvalue weighted by atomic mass is 9.74. The first-order valence-electron chi connectivity index (χ1n) is 6.97. The second kappa shape index (κ2) is 6.85. The van der Waals surface area contributed by atoms with Crippen LogP contribution in [0.3, 0.4) is 0 Å². The molecule has 1 aliphatic rings. The maximum Gasteiger partial charge on any atom is 0.441 e. The summed E-state index contributed by atoms with van der Waals surface area (Å²) in [6.07, 6.45) is 3.40. The van der Waals surface area contributed by atoms with E-state index in [1.165, 1.54) is 5.56 Å². The minimum absolute atomic E-state index is 0.0452. The van der Waals surface area contributed by atoms with E-state index in [4.69, 9.17) is 5.73 Å². The number of hydrogen-bond donors (Lipinski definition) is 1. The Bertz CT molecular complexity index is 407. The third-order valence-corrected chi connectivity index (χ3v) is 4.83. The van der Waals surface area contributed by atoms with Crippen molar-refractivity contribution < 1.29 is 13.2 Å². The maximum atomic E-state index is 12.2. The van der Waals surface area contributed by atoms with Crippen LogP contribution in [0.1, 0.15) is 37.2 Å². The van der Waals surface area contributed by atoms with Gasteiger partial charge < -0.3 is 5.73 Å². The highest BCUT2D eigenvalue weighted by Gasteiger charge is 2.31. The Morgan fingerprint density at radius 1 is 1.15 bits per heavy atom. The SMILES string of the molecule is NC1CCC(c2ccccc2)CC1CCSC(F)(F)F. The third-order valence-electron chi connectivity index (χ3n) is 4.07. The van der Waals surface area contributed by atoms with Crippen LogP contribution < -0.4 is 5.73 Å². The fraction of sp³-hybridized carbons (Fsp3) is 0.600. The van der Waals surface area contributed by atoms with Crippen LogP contribution >= 0.6 is 11.8 Å². The van der Waals surface area contributed by atoms with Gasteiger partial charge in [0.1, 0.15) is 0 Å². The normalized spacial score (nSPS) is 27.5. The molecular weight excluding hydrogens is 283 g/mol. The molecule has 0 spiro atoms. The fourth-order valence-electron chi connectivity index (χ4n) is 2.97. The number of hydrogen-bond acceptors (Lipinski definition) is 2. The molecule has 0 bridgehead atoms. The van der Waals surface area contributed by atoms with Gasteiger partial charge in [0.2, 0.25) is 0 Å². The van der Waals surface area contributed by atoms with E-state index in [2.05, 4.69) is 12.1 Å². The van der Waals surface area contributed by atoms with Crippen molar-refractivity contribution in [2.75, 3.05) is 5.75 Å². The summed E-state index contributed by atoms with van der Waals surface area (Å²) in [6.45, 7) is 0. The number of benzene rings is 1. The zero-order chi connectivity index (χ0) is 14.6. The predicted molar refractivity (Wildman–Crippen MR) is 77.6 cm³/mol. The van der Waals surface area contributed by atoms with Gasteiger partial charge in [0.05, 0.1) is 0 Å². The minimum atomic E-state index is -4.13. The number of halogens is 3. The number of thioether (sulfide) groups is 1. The van der Waals surface area contributed by atoms with Gasteiger partial charge in [-0.1, -0.05) is 42.1 Å². The van der Waals surface area contributed by atoms with E-state index in [-0.39, 0.29) is 29.5 Å². The summed E-state index contributed by atoms with van der Waals surface area (Å²) < 4.78 is 36.5. The molecule has 1 aliphatic carbocycles. The Morgan fingerprint density at radius 2 is 1.85 bits per heavy atom. The topological polar surface area (TPSA) is 26.0 Å². The molecule has 1 saturated carbocycles. The van der Waals surface area contributed by atoms with E-state index >= 15 is 0 Å². The standard InChI is InChI=1S/C15H20F3NS/c16-15(17,18)20-9-8-13-10-12(6-7-14(13)19)11-4-2-1-3-5-11/h1-5,12-14H,6-10,19H2. The molecular formula is C15H20F3NS. The van der Waals surface area contributed by atoms with Crippen molar-refractivity contribution in [2.45, 2.75) is 43.2 Å². The lowest BCUT2D eigenvalue weighted by Gasteiger charge is -2.34. The molecule has 0 heterocycles. The zero-order valence-electron chi connectivity index (χ0n) is 11.3. The quantitative estimate of drug-likeness (QED) is 0.883. The Kier molecular flexibility index (Phi) is 5.38. The van der Waals surface area contributed by atoms with Crippen molar-refractivity contribution in [1.29, 1.82) is 0 Å². The van der Waals surface area contributed by atoms with E-state index in [1.54, 1.807) is 0 Å². The summed E-state index contributed by atoms with van der Waals surface area (Å²) in [5.74, 6) is 0.754. The average Bonchev–Trinajstić information content (AvgIpc) is 2.40. The van der Waals surface area contributed by atoms with Gasteiger partial charge in [-0.3, -0.25) is 0 Å². The van der Waals surface area contributed by atoms with Gasteiger partial charge in [0.25, 0.3) is 0 Å². The van der Waals surface area contributed by atoms with Gasteiger partial charge in [0.15, 0.2) is 0 Å². The molecule has 1 aromatic carbocycles. The molecule has 1 aromatic rings. The third kappa shape index (κ3) is 4.70. The molecule has 0 amide bonds. The first-order chi connectivity index (χ1) is 9.46. The number of nitrogens with two attached hydrogens (primary N) is 1. The molecule has 3 unspecified atom stereocenters. The van der Waals surface area contributed by atoms with Crippen LogP contribution in [0.15, 0.2) is 30.3 Å². The Hall–Kier alpha value is -0.680. The fourth-order valence-corrected chi connectivity index (χ4v) is 3.63. The summed E-state index contributed by atoms with van der Waals surface area (Å²) in [7, 11) is 0. The van der Waals surface area contributed by atoms with Crippen LogP contribution in [0.2, 0.25) is 0 Å². The van der Waals surface area contributed by atoms with Gasteiger partial charge in [-0.05, 0) is 43.1 Å². The maximum absolute atomic E-state index is 12.2. The monoisotopic (exact) mass is 303 g/mol. The van der Waals surface area contributed by atoms with Crippen molar-refractivity contribution in [3.8, 4) is 0 Å². The molecule has 112 valence electrons. The van der Waals surface area contributed by atoms with E-state index in [0.717, 1.165) is 19.3 Å². The summed E-state index contributed by atoms with van der Waals surface area (Å²) >= 11 is 0.0707. The molecule has 1 nitrogen and oxygen atoms in total. The van der Waals surface area contributed by atoms with E-state index in [9.17, 15) is 13.2 Å². The highest BCUT2D eigenvalue weighted by Crippen LogP contribution is 2.39. The van der Waals surface area contributed by atoms with Crippen LogP contribution in [0.5, 0.6) is 0 Å².